The van der Waals surface area contributed by atoms with Crippen LogP contribution in [0.15, 0.2) is 23.1 Å². The van der Waals surface area contributed by atoms with Crippen LogP contribution in [0.1, 0.15) is 37.7 Å². The fourth-order valence-corrected chi connectivity index (χ4v) is 4.12. The van der Waals surface area contributed by atoms with Crippen LogP contribution in [-0.4, -0.2) is 15.0 Å². The first kappa shape index (κ1) is 15.3. The number of sulfonamides is 1. The number of rotatable bonds is 4. The minimum Gasteiger partial charge on any atom is -0.211 e. The lowest BCUT2D eigenvalue weighted by Gasteiger charge is -2.21. The molecule has 1 fully saturated rings. The van der Waals surface area contributed by atoms with Crippen molar-refractivity contribution in [2.75, 3.05) is 6.54 Å². The summed E-state index contributed by atoms with van der Waals surface area (Å²) in [5, 5.41) is 8.98. The molecular formula is C14H17ClN2O2S. The van der Waals surface area contributed by atoms with E-state index in [0.717, 1.165) is 25.7 Å². The molecule has 6 heteroatoms. The largest absolute Gasteiger partial charge is 0.242 e. The van der Waals surface area contributed by atoms with E-state index >= 15 is 0 Å². The molecule has 0 atom stereocenters. The van der Waals surface area contributed by atoms with Crippen molar-refractivity contribution in [3.05, 3.63) is 28.8 Å². The van der Waals surface area contributed by atoms with Gasteiger partial charge in [0.1, 0.15) is 4.90 Å². The van der Waals surface area contributed by atoms with E-state index in [-0.39, 0.29) is 15.5 Å². The second-order valence-corrected chi connectivity index (χ2v) is 7.26. The second kappa shape index (κ2) is 6.57. The number of benzene rings is 1. The van der Waals surface area contributed by atoms with Crippen molar-refractivity contribution in [2.45, 2.75) is 37.0 Å². The molecule has 0 heterocycles. The number of nitriles is 1. The Bertz CT molecular complexity index is 617. The van der Waals surface area contributed by atoms with Gasteiger partial charge in [-0.1, -0.05) is 30.9 Å². The summed E-state index contributed by atoms with van der Waals surface area (Å²) in [7, 11) is -3.66. The molecule has 1 saturated carbocycles. The molecule has 1 aliphatic carbocycles. The van der Waals surface area contributed by atoms with Crippen LogP contribution in [0.5, 0.6) is 0 Å². The summed E-state index contributed by atoms with van der Waals surface area (Å²) in [6.45, 7) is 0.440. The molecule has 1 aromatic rings. The maximum atomic E-state index is 12.3. The highest BCUT2D eigenvalue weighted by Gasteiger charge is 2.21. The monoisotopic (exact) mass is 312 g/mol. The third-order valence-corrected chi connectivity index (χ3v) is 5.54. The van der Waals surface area contributed by atoms with Gasteiger partial charge in [0.2, 0.25) is 10.0 Å². The summed E-state index contributed by atoms with van der Waals surface area (Å²) in [6.07, 6.45) is 5.69. The van der Waals surface area contributed by atoms with Crippen molar-refractivity contribution in [2.24, 2.45) is 5.92 Å². The molecule has 1 aliphatic rings. The molecule has 0 aromatic heterocycles. The van der Waals surface area contributed by atoms with E-state index in [0.29, 0.717) is 12.5 Å². The lowest BCUT2D eigenvalue weighted by Crippen LogP contribution is -2.30. The molecule has 0 spiro atoms. The minimum absolute atomic E-state index is 0.0194. The van der Waals surface area contributed by atoms with Crippen molar-refractivity contribution in [3.8, 4) is 6.07 Å². The average molecular weight is 313 g/mol. The minimum atomic E-state index is -3.66. The third-order valence-electron chi connectivity index (χ3n) is 3.64. The van der Waals surface area contributed by atoms with Crippen LogP contribution in [0.2, 0.25) is 5.02 Å². The maximum Gasteiger partial charge on any atom is 0.242 e. The Labute approximate surface area is 124 Å². The summed E-state index contributed by atoms with van der Waals surface area (Å²) in [4.78, 5) is -0.0194. The quantitative estimate of drug-likeness (QED) is 0.928. The van der Waals surface area contributed by atoms with Gasteiger partial charge in [-0.05, 0) is 37.0 Å². The van der Waals surface area contributed by atoms with Crippen molar-refractivity contribution in [1.29, 1.82) is 5.26 Å². The lowest BCUT2D eigenvalue weighted by molar-refractivity contribution is 0.357. The predicted octanol–water partition coefficient (Wildman–Crippen LogP) is 3.07. The highest BCUT2D eigenvalue weighted by Crippen LogP contribution is 2.25. The number of hydrogen-bond acceptors (Lipinski definition) is 3. The molecule has 0 saturated heterocycles. The van der Waals surface area contributed by atoms with Gasteiger partial charge < -0.3 is 0 Å². The molecule has 4 nitrogen and oxygen atoms in total. The molecule has 1 N–H and O–H groups in total. The maximum absolute atomic E-state index is 12.3. The Morgan fingerprint density at radius 2 is 2.00 bits per heavy atom. The first-order valence-electron chi connectivity index (χ1n) is 6.72. The van der Waals surface area contributed by atoms with Gasteiger partial charge in [0.05, 0.1) is 16.7 Å². The summed E-state index contributed by atoms with van der Waals surface area (Å²) < 4.78 is 27.1. The molecule has 1 aromatic carbocycles. The Morgan fingerprint density at radius 3 is 2.65 bits per heavy atom. The summed E-state index contributed by atoms with van der Waals surface area (Å²) in [5.74, 6) is 0.399. The first-order chi connectivity index (χ1) is 9.53. The SMILES string of the molecule is N#Cc1ccc(Cl)c(S(=O)(=O)NCC2CCCCC2)c1. The molecule has 20 heavy (non-hydrogen) atoms. The summed E-state index contributed by atoms with van der Waals surface area (Å²) >= 11 is 5.93. The van der Waals surface area contributed by atoms with Gasteiger partial charge in [0.15, 0.2) is 0 Å². The fourth-order valence-electron chi connectivity index (χ4n) is 2.48. The molecule has 0 unspecified atom stereocenters. The predicted molar refractivity (Wildman–Crippen MR) is 77.9 cm³/mol. The number of nitrogens with zero attached hydrogens (tertiary/aromatic N) is 1. The average Bonchev–Trinajstić information content (AvgIpc) is 2.47. The zero-order valence-electron chi connectivity index (χ0n) is 11.1. The van der Waals surface area contributed by atoms with Crippen LogP contribution in [-0.2, 0) is 10.0 Å². The van der Waals surface area contributed by atoms with Crippen molar-refractivity contribution < 1.29 is 8.42 Å². The van der Waals surface area contributed by atoms with Crippen LogP contribution in [0.25, 0.3) is 0 Å². The molecule has 0 aliphatic heterocycles. The van der Waals surface area contributed by atoms with Gasteiger partial charge in [-0.3, -0.25) is 0 Å². The molecular weight excluding hydrogens is 296 g/mol. The van der Waals surface area contributed by atoms with E-state index in [4.69, 9.17) is 16.9 Å². The first-order valence-corrected chi connectivity index (χ1v) is 8.58. The Hall–Kier alpha value is -1.09. The fraction of sp³-hybridized carbons (Fsp3) is 0.500. The molecule has 2 rings (SSSR count). The highest BCUT2D eigenvalue weighted by atomic mass is 35.5. The highest BCUT2D eigenvalue weighted by molar-refractivity contribution is 7.89. The topological polar surface area (TPSA) is 70.0 Å². The molecule has 0 radical (unpaired) electrons. The molecule has 108 valence electrons. The van der Waals surface area contributed by atoms with E-state index in [1.807, 2.05) is 6.07 Å². The molecule has 0 amide bonds. The van der Waals surface area contributed by atoms with E-state index in [1.54, 1.807) is 0 Å². The normalized spacial score (nSPS) is 16.8. The molecule has 0 bridgehead atoms. The summed E-state index contributed by atoms with van der Waals surface area (Å²) in [5.41, 5.74) is 0.285. The van der Waals surface area contributed by atoms with Crippen LogP contribution >= 0.6 is 11.6 Å². The lowest BCUT2D eigenvalue weighted by atomic mass is 9.90. The van der Waals surface area contributed by atoms with Gasteiger partial charge in [0, 0.05) is 6.54 Å². The third kappa shape index (κ3) is 3.72. The van der Waals surface area contributed by atoms with Crippen molar-refractivity contribution in [1.82, 2.24) is 4.72 Å². The standard InChI is InChI=1S/C14H17ClN2O2S/c15-13-7-6-12(9-16)8-14(13)20(18,19)17-10-11-4-2-1-3-5-11/h6-8,11,17H,1-5,10H2. The van der Waals surface area contributed by atoms with E-state index in [1.165, 1.54) is 24.6 Å². The number of nitrogens with one attached hydrogen (secondary N) is 1. The Kier molecular flexibility index (Phi) is 5.03. The van der Waals surface area contributed by atoms with Crippen LogP contribution < -0.4 is 4.72 Å². The zero-order chi connectivity index (χ0) is 14.6. The number of hydrogen-bond donors (Lipinski definition) is 1. The Morgan fingerprint density at radius 1 is 1.30 bits per heavy atom. The van der Waals surface area contributed by atoms with Gasteiger partial charge in [0.25, 0.3) is 0 Å². The second-order valence-electron chi connectivity index (χ2n) is 5.11. The van der Waals surface area contributed by atoms with Crippen LogP contribution in [0, 0.1) is 17.2 Å². The van der Waals surface area contributed by atoms with Crippen molar-refractivity contribution in [3.63, 3.8) is 0 Å². The summed E-state index contributed by atoms with van der Waals surface area (Å²) in [6, 6.07) is 6.17. The zero-order valence-corrected chi connectivity index (χ0v) is 12.7. The van der Waals surface area contributed by atoms with Gasteiger partial charge in [-0.2, -0.15) is 5.26 Å². The Balaban J connectivity index is 2.11. The van der Waals surface area contributed by atoms with Crippen LogP contribution in [0.4, 0.5) is 0 Å². The van der Waals surface area contributed by atoms with Gasteiger partial charge in [-0.25, -0.2) is 13.1 Å². The number of halogens is 1. The van der Waals surface area contributed by atoms with Crippen LogP contribution in [0.3, 0.4) is 0 Å². The van der Waals surface area contributed by atoms with Crippen molar-refractivity contribution >= 4 is 21.6 Å². The van der Waals surface area contributed by atoms with Gasteiger partial charge in [-0.15, -0.1) is 0 Å². The van der Waals surface area contributed by atoms with Gasteiger partial charge >= 0.3 is 0 Å². The van der Waals surface area contributed by atoms with E-state index in [2.05, 4.69) is 4.72 Å². The van der Waals surface area contributed by atoms with E-state index < -0.39 is 10.0 Å². The van der Waals surface area contributed by atoms with E-state index in [9.17, 15) is 8.42 Å². The smallest absolute Gasteiger partial charge is 0.211 e.